The van der Waals surface area contributed by atoms with E-state index in [0.29, 0.717) is 12.1 Å². The highest BCUT2D eigenvalue weighted by Gasteiger charge is 2.17. The first-order chi connectivity index (χ1) is 8.78. The Morgan fingerprint density at radius 2 is 2.17 bits per heavy atom. The standard InChI is InChI=1S/C15H22BrNO/c1-17-14(8-9-15-3-2-10-18-15)11-12-4-6-13(16)7-5-12/h4-7,14-15,17H,2-3,8-11H2,1H3. The molecule has 1 saturated heterocycles. The molecular weight excluding hydrogens is 290 g/mol. The third kappa shape index (κ3) is 4.38. The van der Waals surface area contributed by atoms with Crippen LogP contribution in [0.1, 0.15) is 31.2 Å². The number of likely N-dealkylation sites (N-methyl/N-ethyl adjacent to an activating group) is 1. The molecule has 1 aliphatic rings. The van der Waals surface area contributed by atoms with Crippen LogP contribution < -0.4 is 5.32 Å². The highest BCUT2D eigenvalue weighted by atomic mass is 79.9. The number of hydrogen-bond donors (Lipinski definition) is 1. The SMILES string of the molecule is CNC(CCC1CCCO1)Cc1ccc(Br)cc1. The molecule has 2 atom stereocenters. The lowest BCUT2D eigenvalue weighted by Crippen LogP contribution is -2.28. The minimum Gasteiger partial charge on any atom is -0.378 e. The molecule has 18 heavy (non-hydrogen) atoms. The lowest BCUT2D eigenvalue weighted by Gasteiger charge is -2.18. The lowest BCUT2D eigenvalue weighted by atomic mass is 9.99. The summed E-state index contributed by atoms with van der Waals surface area (Å²) in [5.41, 5.74) is 1.39. The van der Waals surface area contributed by atoms with Crippen LogP contribution in [0.5, 0.6) is 0 Å². The van der Waals surface area contributed by atoms with Crippen molar-refractivity contribution in [2.75, 3.05) is 13.7 Å². The molecule has 0 bridgehead atoms. The normalized spacial score (nSPS) is 21.1. The van der Waals surface area contributed by atoms with Gasteiger partial charge in [0.1, 0.15) is 0 Å². The second kappa shape index (κ2) is 7.27. The summed E-state index contributed by atoms with van der Waals surface area (Å²) in [4.78, 5) is 0. The lowest BCUT2D eigenvalue weighted by molar-refractivity contribution is 0.0998. The van der Waals surface area contributed by atoms with E-state index in [-0.39, 0.29) is 0 Å². The Bertz CT molecular complexity index is 346. The Morgan fingerprint density at radius 1 is 1.39 bits per heavy atom. The molecule has 0 amide bonds. The molecule has 2 nitrogen and oxygen atoms in total. The molecule has 0 saturated carbocycles. The van der Waals surface area contributed by atoms with Crippen LogP contribution in [0.2, 0.25) is 0 Å². The van der Waals surface area contributed by atoms with Crippen LogP contribution >= 0.6 is 15.9 Å². The molecular formula is C15H22BrNO. The first-order valence-corrected chi connectivity index (χ1v) is 7.60. The van der Waals surface area contributed by atoms with Gasteiger partial charge in [0, 0.05) is 17.1 Å². The Hall–Kier alpha value is -0.380. The molecule has 1 aromatic rings. The van der Waals surface area contributed by atoms with Crippen molar-refractivity contribution in [3.63, 3.8) is 0 Å². The van der Waals surface area contributed by atoms with Crippen LogP contribution in [0.4, 0.5) is 0 Å². The van der Waals surface area contributed by atoms with Gasteiger partial charge in [0.2, 0.25) is 0 Å². The van der Waals surface area contributed by atoms with Gasteiger partial charge in [-0.2, -0.15) is 0 Å². The topological polar surface area (TPSA) is 21.3 Å². The first-order valence-electron chi connectivity index (χ1n) is 6.81. The van der Waals surface area contributed by atoms with Crippen molar-refractivity contribution in [2.24, 2.45) is 0 Å². The zero-order valence-electron chi connectivity index (χ0n) is 11.0. The molecule has 2 rings (SSSR count). The maximum Gasteiger partial charge on any atom is 0.0576 e. The summed E-state index contributed by atoms with van der Waals surface area (Å²) in [7, 11) is 2.05. The summed E-state index contributed by atoms with van der Waals surface area (Å²) in [5, 5.41) is 3.42. The second-order valence-electron chi connectivity index (χ2n) is 5.03. The minimum atomic E-state index is 0.505. The Kier molecular flexibility index (Phi) is 5.67. The van der Waals surface area contributed by atoms with Crippen LogP contribution in [0.3, 0.4) is 0 Å². The zero-order valence-corrected chi connectivity index (χ0v) is 12.6. The Morgan fingerprint density at radius 3 is 2.78 bits per heavy atom. The Balaban J connectivity index is 1.79. The van der Waals surface area contributed by atoms with Gasteiger partial charge in [0.05, 0.1) is 6.10 Å². The van der Waals surface area contributed by atoms with E-state index in [1.165, 1.54) is 31.2 Å². The predicted molar refractivity (Wildman–Crippen MR) is 78.9 cm³/mol. The molecule has 0 radical (unpaired) electrons. The van der Waals surface area contributed by atoms with Gasteiger partial charge in [-0.3, -0.25) is 0 Å². The van der Waals surface area contributed by atoms with Crippen molar-refractivity contribution in [1.82, 2.24) is 5.32 Å². The molecule has 0 aliphatic carbocycles. The van der Waals surface area contributed by atoms with Crippen LogP contribution in [-0.4, -0.2) is 25.8 Å². The van der Waals surface area contributed by atoms with Gasteiger partial charge in [0.15, 0.2) is 0 Å². The van der Waals surface area contributed by atoms with Crippen molar-refractivity contribution in [3.8, 4) is 0 Å². The third-order valence-corrected chi connectivity index (χ3v) is 4.19. The van der Waals surface area contributed by atoms with Gasteiger partial charge in [-0.15, -0.1) is 0 Å². The van der Waals surface area contributed by atoms with Crippen molar-refractivity contribution in [3.05, 3.63) is 34.3 Å². The largest absolute Gasteiger partial charge is 0.378 e. The van der Waals surface area contributed by atoms with Gasteiger partial charge < -0.3 is 10.1 Å². The summed E-state index contributed by atoms with van der Waals surface area (Å²) in [6, 6.07) is 9.17. The molecule has 100 valence electrons. The average Bonchev–Trinajstić information content (AvgIpc) is 2.90. The van der Waals surface area contributed by atoms with E-state index in [1.807, 2.05) is 0 Å². The fourth-order valence-electron chi connectivity index (χ4n) is 2.51. The maximum absolute atomic E-state index is 5.68. The molecule has 1 aliphatic heterocycles. The quantitative estimate of drug-likeness (QED) is 0.867. The van der Waals surface area contributed by atoms with E-state index < -0.39 is 0 Å². The second-order valence-corrected chi connectivity index (χ2v) is 5.94. The van der Waals surface area contributed by atoms with E-state index in [1.54, 1.807) is 0 Å². The highest BCUT2D eigenvalue weighted by Crippen LogP contribution is 2.19. The van der Waals surface area contributed by atoms with E-state index in [2.05, 4.69) is 52.6 Å². The molecule has 2 unspecified atom stereocenters. The summed E-state index contributed by atoms with van der Waals surface area (Å²) >= 11 is 3.47. The van der Waals surface area contributed by atoms with Crippen LogP contribution in [0, 0.1) is 0 Å². The first kappa shape index (κ1) is 14.0. The fourth-order valence-corrected chi connectivity index (χ4v) is 2.78. The van der Waals surface area contributed by atoms with Gasteiger partial charge in [-0.1, -0.05) is 28.1 Å². The van der Waals surface area contributed by atoms with Gasteiger partial charge in [-0.05, 0) is 56.8 Å². The predicted octanol–water partition coefficient (Wildman–Crippen LogP) is 3.54. The number of hydrogen-bond acceptors (Lipinski definition) is 2. The van der Waals surface area contributed by atoms with Gasteiger partial charge >= 0.3 is 0 Å². The van der Waals surface area contributed by atoms with E-state index in [4.69, 9.17) is 4.74 Å². The maximum atomic E-state index is 5.68. The number of rotatable bonds is 6. The molecule has 1 heterocycles. The molecule has 3 heteroatoms. The van der Waals surface area contributed by atoms with Crippen LogP contribution in [0.25, 0.3) is 0 Å². The van der Waals surface area contributed by atoms with Gasteiger partial charge in [-0.25, -0.2) is 0 Å². The van der Waals surface area contributed by atoms with Crippen molar-refractivity contribution < 1.29 is 4.74 Å². The van der Waals surface area contributed by atoms with Crippen LogP contribution in [-0.2, 0) is 11.2 Å². The molecule has 1 aromatic carbocycles. The van der Waals surface area contributed by atoms with E-state index in [9.17, 15) is 0 Å². The zero-order chi connectivity index (χ0) is 12.8. The van der Waals surface area contributed by atoms with Crippen molar-refractivity contribution >= 4 is 15.9 Å². The fraction of sp³-hybridized carbons (Fsp3) is 0.600. The summed E-state index contributed by atoms with van der Waals surface area (Å²) in [6.07, 6.45) is 6.46. The number of halogens is 1. The summed E-state index contributed by atoms with van der Waals surface area (Å²) < 4.78 is 6.82. The van der Waals surface area contributed by atoms with Crippen molar-refractivity contribution in [1.29, 1.82) is 0 Å². The van der Waals surface area contributed by atoms with Gasteiger partial charge in [0.25, 0.3) is 0 Å². The Labute approximate surface area is 118 Å². The van der Waals surface area contributed by atoms with E-state index >= 15 is 0 Å². The summed E-state index contributed by atoms with van der Waals surface area (Å²) in [6.45, 7) is 0.960. The minimum absolute atomic E-state index is 0.505. The monoisotopic (exact) mass is 311 g/mol. The van der Waals surface area contributed by atoms with Crippen LogP contribution in [0.15, 0.2) is 28.7 Å². The number of benzene rings is 1. The third-order valence-electron chi connectivity index (χ3n) is 3.66. The highest BCUT2D eigenvalue weighted by molar-refractivity contribution is 9.10. The van der Waals surface area contributed by atoms with Crippen molar-refractivity contribution in [2.45, 2.75) is 44.2 Å². The number of nitrogens with one attached hydrogen (secondary N) is 1. The number of ether oxygens (including phenoxy) is 1. The smallest absolute Gasteiger partial charge is 0.0576 e. The molecule has 0 spiro atoms. The molecule has 0 aromatic heterocycles. The molecule has 1 N–H and O–H groups in total. The van der Waals surface area contributed by atoms with E-state index in [0.717, 1.165) is 17.5 Å². The summed E-state index contributed by atoms with van der Waals surface area (Å²) in [5.74, 6) is 0. The average molecular weight is 312 g/mol. The molecule has 1 fully saturated rings.